The zero-order chi connectivity index (χ0) is 11.3. The van der Waals surface area contributed by atoms with Gasteiger partial charge in [0.25, 0.3) is 5.78 Å². The summed E-state index contributed by atoms with van der Waals surface area (Å²) in [5, 5.41) is 8.36. The summed E-state index contributed by atoms with van der Waals surface area (Å²) in [6, 6.07) is 9.57. The zero-order valence-corrected chi connectivity index (χ0v) is 8.38. The van der Waals surface area contributed by atoms with Crippen LogP contribution in [0.4, 0.5) is 0 Å². The topological polar surface area (TPSA) is 54.4 Å². The molecule has 1 aromatic rings. The third kappa shape index (κ3) is 3.38. The molecule has 0 aliphatic heterocycles. The van der Waals surface area contributed by atoms with Crippen LogP contribution in [0.5, 0.6) is 0 Å². The highest BCUT2D eigenvalue weighted by molar-refractivity contribution is 6.37. The first kappa shape index (κ1) is 11.2. The molecule has 0 heterocycles. The molecule has 1 atom stereocenters. The van der Waals surface area contributed by atoms with E-state index in [2.05, 4.69) is 0 Å². The number of carbonyl (C=O) groups excluding carboxylic acids is 1. The van der Waals surface area contributed by atoms with E-state index in [0.717, 1.165) is 11.6 Å². The van der Waals surface area contributed by atoms with Gasteiger partial charge in [-0.2, -0.15) is 0 Å². The summed E-state index contributed by atoms with van der Waals surface area (Å²) in [5.41, 5.74) is 1.05. The minimum Gasteiger partial charge on any atom is -0.475 e. The number of carboxylic acid groups (broad SMARTS) is 1. The Hall–Kier alpha value is -1.90. The Bertz CT molecular complexity index is 379. The van der Waals surface area contributed by atoms with E-state index < -0.39 is 11.8 Å². The number of hydrogen-bond acceptors (Lipinski definition) is 2. The summed E-state index contributed by atoms with van der Waals surface area (Å²) in [6.07, 6.45) is 2.69. The second kappa shape index (κ2) is 5.10. The quantitative estimate of drug-likeness (QED) is 0.602. The van der Waals surface area contributed by atoms with E-state index in [0.29, 0.717) is 0 Å². The van der Waals surface area contributed by atoms with E-state index in [1.807, 2.05) is 37.3 Å². The first-order valence-corrected chi connectivity index (χ1v) is 4.61. The van der Waals surface area contributed by atoms with Gasteiger partial charge in [0, 0.05) is 0 Å². The van der Waals surface area contributed by atoms with Crippen molar-refractivity contribution in [2.24, 2.45) is 0 Å². The third-order valence-electron chi connectivity index (χ3n) is 2.07. The zero-order valence-electron chi connectivity index (χ0n) is 8.38. The SMILES string of the molecule is CC(/C=C/C(=O)C(=O)O)c1ccccc1. The van der Waals surface area contributed by atoms with Gasteiger partial charge in [-0.1, -0.05) is 43.3 Å². The molecule has 0 radical (unpaired) electrons. The van der Waals surface area contributed by atoms with Gasteiger partial charge in [-0.15, -0.1) is 0 Å². The van der Waals surface area contributed by atoms with Crippen molar-refractivity contribution in [3.8, 4) is 0 Å². The molecule has 15 heavy (non-hydrogen) atoms. The molecular weight excluding hydrogens is 192 g/mol. The lowest BCUT2D eigenvalue weighted by Crippen LogP contribution is -2.08. The van der Waals surface area contributed by atoms with Crippen LogP contribution in [-0.2, 0) is 9.59 Å². The standard InChI is InChI=1S/C12H12O3/c1-9(7-8-11(13)12(14)15)10-5-3-2-4-6-10/h2-9H,1H3,(H,14,15)/b8-7+. The summed E-state index contributed by atoms with van der Waals surface area (Å²) in [6.45, 7) is 1.90. The summed E-state index contributed by atoms with van der Waals surface area (Å²) >= 11 is 0. The lowest BCUT2D eigenvalue weighted by Gasteiger charge is -2.04. The molecule has 0 saturated heterocycles. The minimum absolute atomic E-state index is 0.0366. The predicted molar refractivity (Wildman–Crippen MR) is 56.6 cm³/mol. The van der Waals surface area contributed by atoms with E-state index in [1.54, 1.807) is 6.08 Å². The molecule has 3 nitrogen and oxygen atoms in total. The van der Waals surface area contributed by atoms with Crippen molar-refractivity contribution >= 4 is 11.8 Å². The van der Waals surface area contributed by atoms with Crippen molar-refractivity contribution in [2.75, 3.05) is 0 Å². The molecule has 0 amide bonds. The van der Waals surface area contributed by atoms with Gasteiger partial charge in [0.1, 0.15) is 0 Å². The lowest BCUT2D eigenvalue weighted by molar-refractivity contribution is -0.146. The van der Waals surface area contributed by atoms with Crippen LogP contribution in [0, 0.1) is 0 Å². The van der Waals surface area contributed by atoms with Crippen LogP contribution in [0.2, 0.25) is 0 Å². The van der Waals surface area contributed by atoms with Crippen LogP contribution in [0.3, 0.4) is 0 Å². The number of hydrogen-bond donors (Lipinski definition) is 1. The highest BCUT2D eigenvalue weighted by Gasteiger charge is 2.07. The Labute approximate surface area is 88.0 Å². The monoisotopic (exact) mass is 204 g/mol. The van der Waals surface area contributed by atoms with Crippen molar-refractivity contribution in [2.45, 2.75) is 12.8 Å². The molecule has 0 aliphatic carbocycles. The molecule has 1 aromatic carbocycles. The van der Waals surface area contributed by atoms with Crippen molar-refractivity contribution in [3.05, 3.63) is 48.0 Å². The number of benzene rings is 1. The molecule has 0 bridgehead atoms. The van der Waals surface area contributed by atoms with E-state index in [4.69, 9.17) is 5.11 Å². The maximum atomic E-state index is 10.8. The number of rotatable bonds is 4. The van der Waals surface area contributed by atoms with E-state index in [-0.39, 0.29) is 5.92 Å². The maximum absolute atomic E-state index is 10.8. The third-order valence-corrected chi connectivity index (χ3v) is 2.07. The maximum Gasteiger partial charge on any atom is 0.376 e. The van der Waals surface area contributed by atoms with Crippen LogP contribution >= 0.6 is 0 Å². The largest absolute Gasteiger partial charge is 0.475 e. The first-order chi connectivity index (χ1) is 7.11. The Kier molecular flexibility index (Phi) is 3.80. The van der Waals surface area contributed by atoms with Crippen molar-refractivity contribution < 1.29 is 14.7 Å². The fraction of sp³-hybridized carbons (Fsp3) is 0.167. The van der Waals surface area contributed by atoms with E-state index in [1.165, 1.54) is 0 Å². The molecule has 1 unspecified atom stereocenters. The fourth-order valence-corrected chi connectivity index (χ4v) is 1.17. The molecule has 0 aromatic heterocycles. The molecule has 0 spiro atoms. The molecule has 3 heteroatoms. The van der Waals surface area contributed by atoms with Gasteiger partial charge in [-0.3, -0.25) is 4.79 Å². The van der Waals surface area contributed by atoms with E-state index in [9.17, 15) is 9.59 Å². The number of carboxylic acids is 1. The highest BCUT2D eigenvalue weighted by Crippen LogP contribution is 2.15. The van der Waals surface area contributed by atoms with Crippen LogP contribution < -0.4 is 0 Å². The minimum atomic E-state index is -1.42. The Morgan fingerprint density at radius 3 is 2.40 bits per heavy atom. The average Bonchev–Trinajstić information content (AvgIpc) is 2.26. The fourth-order valence-electron chi connectivity index (χ4n) is 1.17. The number of aliphatic carboxylic acids is 1. The molecular formula is C12H12O3. The summed E-state index contributed by atoms with van der Waals surface area (Å²) in [5.74, 6) is -2.28. The second-order valence-electron chi connectivity index (χ2n) is 3.23. The number of ketones is 1. The first-order valence-electron chi connectivity index (χ1n) is 4.61. The smallest absolute Gasteiger partial charge is 0.376 e. The lowest BCUT2D eigenvalue weighted by atomic mass is 10.0. The molecule has 0 fully saturated rings. The van der Waals surface area contributed by atoms with Gasteiger partial charge in [0.2, 0.25) is 0 Å². The van der Waals surface area contributed by atoms with Gasteiger partial charge in [0.05, 0.1) is 0 Å². The van der Waals surface area contributed by atoms with Crippen molar-refractivity contribution in [3.63, 3.8) is 0 Å². The number of allylic oxidation sites excluding steroid dienone is 1. The average molecular weight is 204 g/mol. The number of carbonyl (C=O) groups is 2. The Balaban J connectivity index is 2.68. The Morgan fingerprint density at radius 1 is 1.27 bits per heavy atom. The summed E-state index contributed by atoms with van der Waals surface area (Å²) < 4.78 is 0. The van der Waals surface area contributed by atoms with Crippen molar-refractivity contribution in [1.29, 1.82) is 0 Å². The van der Waals surface area contributed by atoms with Crippen LogP contribution in [0.15, 0.2) is 42.5 Å². The molecule has 0 aliphatic rings. The second-order valence-corrected chi connectivity index (χ2v) is 3.23. The molecule has 0 saturated carbocycles. The van der Waals surface area contributed by atoms with Gasteiger partial charge >= 0.3 is 5.97 Å². The normalized spacial score (nSPS) is 12.6. The van der Waals surface area contributed by atoms with E-state index >= 15 is 0 Å². The molecule has 78 valence electrons. The molecule has 1 N–H and O–H groups in total. The predicted octanol–water partition coefficient (Wildman–Crippen LogP) is 2.00. The highest BCUT2D eigenvalue weighted by atomic mass is 16.4. The Morgan fingerprint density at radius 2 is 1.87 bits per heavy atom. The summed E-state index contributed by atoms with van der Waals surface area (Å²) in [7, 11) is 0. The van der Waals surface area contributed by atoms with Gasteiger partial charge in [-0.25, -0.2) is 4.79 Å². The van der Waals surface area contributed by atoms with Gasteiger partial charge < -0.3 is 5.11 Å². The van der Waals surface area contributed by atoms with Crippen molar-refractivity contribution in [1.82, 2.24) is 0 Å². The summed E-state index contributed by atoms with van der Waals surface area (Å²) in [4.78, 5) is 21.0. The van der Waals surface area contributed by atoms with Crippen LogP contribution in [0.25, 0.3) is 0 Å². The van der Waals surface area contributed by atoms with Gasteiger partial charge in [0.15, 0.2) is 0 Å². The molecule has 1 rings (SSSR count). The van der Waals surface area contributed by atoms with Gasteiger partial charge in [-0.05, 0) is 17.6 Å². The van der Waals surface area contributed by atoms with Crippen LogP contribution in [-0.4, -0.2) is 16.9 Å². The van der Waals surface area contributed by atoms with Crippen LogP contribution in [0.1, 0.15) is 18.4 Å².